The molecule has 0 radical (unpaired) electrons. The van der Waals surface area contributed by atoms with E-state index in [2.05, 4.69) is 11.9 Å². The molecular weight excluding hydrogens is 322 g/mol. The summed E-state index contributed by atoms with van der Waals surface area (Å²) in [6.45, 7) is 7.86. The summed E-state index contributed by atoms with van der Waals surface area (Å²) in [4.78, 5) is 39.3. The van der Waals surface area contributed by atoms with Gasteiger partial charge in [-0.25, -0.2) is 4.79 Å². The molecule has 1 aliphatic heterocycles. The van der Waals surface area contributed by atoms with E-state index >= 15 is 0 Å². The fourth-order valence-electron chi connectivity index (χ4n) is 2.52. The van der Waals surface area contributed by atoms with Crippen molar-refractivity contribution < 1.29 is 19.1 Å². The Labute approximate surface area is 147 Å². The predicted octanol–water partition coefficient (Wildman–Crippen LogP) is 1.52. The lowest BCUT2D eigenvalue weighted by Crippen LogP contribution is -2.50. The van der Waals surface area contributed by atoms with Crippen molar-refractivity contribution in [2.24, 2.45) is 0 Å². The van der Waals surface area contributed by atoms with E-state index in [1.165, 1.54) is 0 Å². The number of nitrogens with one attached hydrogen (secondary N) is 1. The topological polar surface area (TPSA) is 79.0 Å². The molecule has 1 saturated heterocycles. The van der Waals surface area contributed by atoms with Crippen LogP contribution in [0.15, 0.2) is 36.9 Å². The second kappa shape index (κ2) is 8.86. The van der Waals surface area contributed by atoms with Gasteiger partial charge in [0.25, 0.3) is 11.8 Å². The summed E-state index contributed by atoms with van der Waals surface area (Å²) >= 11 is 0. The normalized spacial score (nSPS) is 14.0. The monoisotopic (exact) mass is 345 g/mol. The maximum Gasteiger partial charge on any atom is 0.409 e. The molecule has 25 heavy (non-hydrogen) atoms. The maximum absolute atomic E-state index is 12.5. The molecule has 1 heterocycles. The molecule has 1 fully saturated rings. The van der Waals surface area contributed by atoms with Gasteiger partial charge in [0, 0.05) is 43.9 Å². The fourth-order valence-corrected chi connectivity index (χ4v) is 2.52. The molecule has 3 amide bonds. The van der Waals surface area contributed by atoms with Crippen LogP contribution in [0.4, 0.5) is 4.79 Å². The van der Waals surface area contributed by atoms with Gasteiger partial charge in [-0.3, -0.25) is 9.59 Å². The highest BCUT2D eigenvalue weighted by Crippen LogP contribution is 2.11. The first kappa shape index (κ1) is 18.5. The Bertz CT molecular complexity index is 634. The number of hydrogen-bond acceptors (Lipinski definition) is 4. The molecule has 0 saturated carbocycles. The summed E-state index contributed by atoms with van der Waals surface area (Å²) in [7, 11) is 0. The van der Waals surface area contributed by atoms with E-state index in [9.17, 15) is 14.4 Å². The first-order chi connectivity index (χ1) is 12.1. The van der Waals surface area contributed by atoms with Crippen LogP contribution in [0.25, 0.3) is 0 Å². The van der Waals surface area contributed by atoms with E-state index in [1.807, 2.05) is 0 Å². The van der Waals surface area contributed by atoms with Crippen LogP contribution >= 0.6 is 0 Å². The lowest BCUT2D eigenvalue weighted by atomic mass is 10.1. The van der Waals surface area contributed by atoms with Gasteiger partial charge in [-0.1, -0.05) is 6.08 Å². The molecular formula is C18H23N3O4. The van der Waals surface area contributed by atoms with Crippen LogP contribution in [0.3, 0.4) is 0 Å². The summed E-state index contributed by atoms with van der Waals surface area (Å²) in [5, 5.41) is 2.68. The summed E-state index contributed by atoms with van der Waals surface area (Å²) in [5.74, 6) is -0.316. The zero-order valence-corrected chi connectivity index (χ0v) is 14.4. The lowest BCUT2D eigenvalue weighted by molar-refractivity contribution is 0.0570. The lowest BCUT2D eigenvalue weighted by Gasteiger charge is -2.34. The Balaban J connectivity index is 1.92. The van der Waals surface area contributed by atoms with Crippen molar-refractivity contribution in [2.45, 2.75) is 6.92 Å². The summed E-state index contributed by atoms with van der Waals surface area (Å²) in [6.07, 6.45) is 1.26. The Hall–Kier alpha value is -2.83. The van der Waals surface area contributed by atoms with E-state index in [4.69, 9.17) is 4.74 Å². The average Bonchev–Trinajstić information content (AvgIpc) is 2.66. The predicted molar refractivity (Wildman–Crippen MR) is 93.5 cm³/mol. The van der Waals surface area contributed by atoms with Gasteiger partial charge in [0.2, 0.25) is 0 Å². The van der Waals surface area contributed by atoms with Crippen molar-refractivity contribution in [1.82, 2.24) is 15.1 Å². The van der Waals surface area contributed by atoms with Crippen molar-refractivity contribution >= 4 is 17.9 Å². The number of rotatable bonds is 5. The van der Waals surface area contributed by atoms with Crippen LogP contribution in [0.1, 0.15) is 27.6 Å². The van der Waals surface area contributed by atoms with Gasteiger partial charge < -0.3 is 19.9 Å². The Kier molecular flexibility index (Phi) is 6.56. The maximum atomic E-state index is 12.5. The molecule has 0 atom stereocenters. The second-order valence-electron chi connectivity index (χ2n) is 5.55. The number of benzene rings is 1. The molecule has 0 unspecified atom stereocenters. The number of hydrogen-bond donors (Lipinski definition) is 1. The van der Waals surface area contributed by atoms with Gasteiger partial charge in [0.1, 0.15) is 0 Å². The molecule has 7 heteroatoms. The number of carbonyl (C=O) groups excluding carboxylic acids is 3. The standard InChI is InChI=1S/C18H23N3O4/c1-3-9-19-16(22)14-5-7-15(8-6-14)17(23)20-10-12-21(13-11-20)18(24)25-4-2/h3,5-8H,1,4,9-13H2,2H3,(H,19,22). The average molecular weight is 345 g/mol. The number of nitrogens with zero attached hydrogens (tertiary/aromatic N) is 2. The van der Waals surface area contributed by atoms with Gasteiger partial charge in [0.05, 0.1) is 6.61 Å². The SMILES string of the molecule is C=CCNC(=O)c1ccc(C(=O)N2CCN(C(=O)OCC)CC2)cc1. The van der Waals surface area contributed by atoms with Crippen molar-refractivity contribution in [1.29, 1.82) is 0 Å². The second-order valence-corrected chi connectivity index (χ2v) is 5.55. The van der Waals surface area contributed by atoms with Crippen molar-refractivity contribution in [3.8, 4) is 0 Å². The van der Waals surface area contributed by atoms with Gasteiger partial charge in [0.15, 0.2) is 0 Å². The summed E-state index contributed by atoms with van der Waals surface area (Å²) in [6, 6.07) is 6.53. The minimum Gasteiger partial charge on any atom is -0.450 e. The molecule has 0 aliphatic carbocycles. The number of ether oxygens (including phenoxy) is 1. The smallest absolute Gasteiger partial charge is 0.409 e. The molecule has 0 aromatic heterocycles. The third kappa shape index (κ3) is 4.82. The molecule has 1 aromatic carbocycles. The van der Waals surface area contributed by atoms with Gasteiger partial charge in [-0.15, -0.1) is 6.58 Å². The van der Waals surface area contributed by atoms with Crippen LogP contribution in [0, 0.1) is 0 Å². The third-order valence-electron chi connectivity index (χ3n) is 3.89. The van der Waals surface area contributed by atoms with E-state index in [0.29, 0.717) is 50.5 Å². The fraction of sp³-hybridized carbons (Fsp3) is 0.389. The van der Waals surface area contributed by atoms with Crippen LogP contribution in [0.2, 0.25) is 0 Å². The first-order valence-electron chi connectivity index (χ1n) is 8.27. The number of piperazine rings is 1. The van der Waals surface area contributed by atoms with Crippen LogP contribution in [0.5, 0.6) is 0 Å². The van der Waals surface area contributed by atoms with E-state index in [0.717, 1.165) is 0 Å². The molecule has 0 spiro atoms. The molecule has 2 rings (SSSR count). The molecule has 1 N–H and O–H groups in total. The van der Waals surface area contributed by atoms with Crippen LogP contribution in [-0.2, 0) is 4.74 Å². The van der Waals surface area contributed by atoms with E-state index < -0.39 is 0 Å². The minimum atomic E-state index is -0.343. The summed E-state index contributed by atoms with van der Waals surface area (Å²) in [5.41, 5.74) is 1.01. The van der Waals surface area contributed by atoms with E-state index in [1.54, 1.807) is 47.1 Å². The Morgan fingerprint density at radius 2 is 1.64 bits per heavy atom. The molecule has 0 bridgehead atoms. The highest BCUT2D eigenvalue weighted by molar-refractivity contribution is 5.98. The van der Waals surface area contributed by atoms with Crippen molar-refractivity contribution in [3.05, 3.63) is 48.0 Å². The summed E-state index contributed by atoms with van der Waals surface area (Å²) < 4.78 is 4.96. The van der Waals surface area contributed by atoms with Gasteiger partial charge in [-0.2, -0.15) is 0 Å². The Morgan fingerprint density at radius 1 is 1.08 bits per heavy atom. The minimum absolute atomic E-state index is 0.110. The number of amides is 3. The quantitative estimate of drug-likeness (QED) is 0.821. The zero-order valence-electron chi connectivity index (χ0n) is 14.4. The molecule has 1 aromatic rings. The van der Waals surface area contributed by atoms with Crippen LogP contribution in [-0.4, -0.2) is 67.0 Å². The van der Waals surface area contributed by atoms with Crippen LogP contribution < -0.4 is 5.32 Å². The van der Waals surface area contributed by atoms with E-state index in [-0.39, 0.29) is 17.9 Å². The van der Waals surface area contributed by atoms with Crippen molar-refractivity contribution in [3.63, 3.8) is 0 Å². The highest BCUT2D eigenvalue weighted by atomic mass is 16.6. The first-order valence-corrected chi connectivity index (χ1v) is 8.27. The molecule has 134 valence electrons. The Morgan fingerprint density at radius 3 is 2.20 bits per heavy atom. The highest BCUT2D eigenvalue weighted by Gasteiger charge is 2.25. The third-order valence-corrected chi connectivity index (χ3v) is 3.89. The largest absolute Gasteiger partial charge is 0.450 e. The zero-order chi connectivity index (χ0) is 18.2. The molecule has 7 nitrogen and oxygen atoms in total. The number of carbonyl (C=O) groups is 3. The molecule has 1 aliphatic rings. The van der Waals surface area contributed by atoms with Crippen molar-refractivity contribution in [2.75, 3.05) is 39.3 Å². The van der Waals surface area contributed by atoms with Gasteiger partial charge in [-0.05, 0) is 31.2 Å². The van der Waals surface area contributed by atoms with Gasteiger partial charge >= 0.3 is 6.09 Å².